The van der Waals surface area contributed by atoms with E-state index in [1.165, 1.54) is 18.2 Å². The lowest BCUT2D eigenvalue weighted by atomic mass is 10.1. The molecule has 78 valence electrons. The molecule has 0 atom stereocenters. The molecule has 0 saturated carbocycles. The lowest BCUT2D eigenvalue weighted by Crippen LogP contribution is -2.11. The summed E-state index contributed by atoms with van der Waals surface area (Å²) in [6.45, 7) is 3.56. The fourth-order valence-electron chi connectivity index (χ4n) is 1.16. The van der Waals surface area contributed by atoms with Gasteiger partial charge in [-0.2, -0.15) is 5.26 Å². The Bertz CT molecular complexity index is 418. The predicted molar refractivity (Wildman–Crippen MR) is 53.9 cm³/mol. The second-order valence-corrected chi connectivity index (χ2v) is 3.27. The van der Waals surface area contributed by atoms with Crippen LogP contribution in [0.15, 0.2) is 18.2 Å². The molecule has 15 heavy (non-hydrogen) atoms. The second-order valence-electron chi connectivity index (χ2n) is 3.27. The molecule has 0 bridgehead atoms. The molecule has 0 heterocycles. The van der Waals surface area contributed by atoms with Crippen molar-refractivity contribution in [2.75, 3.05) is 0 Å². The number of nitriles is 1. The van der Waals surface area contributed by atoms with Crippen molar-refractivity contribution < 1.29 is 14.6 Å². The van der Waals surface area contributed by atoms with Crippen molar-refractivity contribution in [2.45, 2.75) is 20.0 Å². The molecule has 0 amide bonds. The molecule has 0 radical (unpaired) electrons. The van der Waals surface area contributed by atoms with Gasteiger partial charge in [0.15, 0.2) is 5.75 Å². The highest BCUT2D eigenvalue weighted by atomic mass is 16.5. The van der Waals surface area contributed by atoms with Gasteiger partial charge in [-0.05, 0) is 26.0 Å². The van der Waals surface area contributed by atoms with Crippen LogP contribution in [0.1, 0.15) is 29.8 Å². The Kier molecular flexibility index (Phi) is 3.29. The van der Waals surface area contributed by atoms with Crippen LogP contribution in [0.4, 0.5) is 0 Å². The SMILES string of the molecule is CC(C)Oc1c(C#N)cccc1C(=O)O. The lowest BCUT2D eigenvalue weighted by Gasteiger charge is -2.13. The smallest absolute Gasteiger partial charge is 0.339 e. The van der Waals surface area contributed by atoms with Crippen LogP contribution in [0.25, 0.3) is 0 Å². The Hall–Kier alpha value is -2.02. The van der Waals surface area contributed by atoms with Gasteiger partial charge in [0.2, 0.25) is 0 Å². The summed E-state index contributed by atoms with van der Waals surface area (Å²) in [5.74, 6) is -0.953. The summed E-state index contributed by atoms with van der Waals surface area (Å²) in [7, 11) is 0. The molecular formula is C11H11NO3. The van der Waals surface area contributed by atoms with E-state index in [-0.39, 0.29) is 23.0 Å². The fourth-order valence-corrected chi connectivity index (χ4v) is 1.16. The average molecular weight is 205 g/mol. The molecule has 0 spiro atoms. The van der Waals surface area contributed by atoms with Crippen molar-refractivity contribution in [3.8, 4) is 11.8 Å². The van der Waals surface area contributed by atoms with Gasteiger partial charge in [-0.3, -0.25) is 0 Å². The van der Waals surface area contributed by atoms with Gasteiger partial charge in [-0.25, -0.2) is 4.79 Å². The molecule has 0 aliphatic carbocycles. The first kappa shape index (κ1) is 11.1. The van der Waals surface area contributed by atoms with Crippen molar-refractivity contribution in [3.63, 3.8) is 0 Å². The molecule has 0 aliphatic rings. The molecule has 4 heteroatoms. The van der Waals surface area contributed by atoms with Crippen molar-refractivity contribution in [2.24, 2.45) is 0 Å². The lowest BCUT2D eigenvalue weighted by molar-refractivity contribution is 0.0690. The van der Waals surface area contributed by atoms with Crippen LogP contribution >= 0.6 is 0 Å². The van der Waals surface area contributed by atoms with Crippen LogP contribution in [-0.2, 0) is 0 Å². The number of carbonyl (C=O) groups is 1. The first-order valence-corrected chi connectivity index (χ1v) is 4.49. The second kappa shape index (κ2) is 4.47. The Labute approximate surface area is 87.7 Å². The van der Waals surface area contributed by atoms with Crippen LogP contribution in [0.2, 0.25) is 0 Å². The molecule has 0 fully saturated rings. The predicted octanol–water partition coefficient (Wildman–Crippen LogP) is 2.04. The van der Waals surface area contributed by atoms with Gasteiger partial charge in [0.1, 0.15) is 11.6 Å². The zero-order valence-electron chi connectivity index (χ0n) is 8.52. The summed E-state index contributed by atoms with van der Waals surface area (Å²) in [5.41, 5.74) is 0.256. The first-order chi connectivity index (χ1) is 7.06. The largest absolute Gasteiger partial charge is 0.489 e. The van der Waals surface area contributed by atoms with Gasteiger partial charge >= 0.3 is 5.97 Å². The third-order valence-corrected chi connectivity index (χ3v) is 1.72. The molecular weight excluding hydrogens is 194 g/mol. The number of para-hydroxylation sites is 1. The Morgan fingerprint density at radius 3 is 2.67 bits per heavy atom. The van der Waals surface area contributed by atoms with Gasteiger partial charge in [-0.1, -0.05) is 6.07 Å². The first-order valence-electron chi connectivity index (χ1n) is 4.49. The molecule has 1 aromatic rings. The van der Waals surface area contributed by atoms with Crippen molar-refractivity contribution in [1.82, 2.24) is 0 Å². The van der Waals surface area contributed by atoms with Crippen molar-refractivity contribution >= 4 is 5.97 Å². The van der Waals surface area contributed by atoms with E-state index in [0.29, 0.717) is 0 Å². The van der Waals surface area contributed by atoms with Crippen LogP contribution < -0.4 is 4.74 Å². The highest BCUT2D eigenvalue weighted by Gasteiger charge is 2.16. The number of hydrogen-bond acceptors (Lipinski definition) is 3. The molecule has 0 unspecified atom stereocenters. The molecule has 0 aliphatic heterocycles. The van der Waals surface area contributed by atoms with Crippen LogP contribution in [-0.4, -0.2) is 17.2 Å². The summed E-state index contributed by atoms with van der Waals surface area (Å²) in [5, 5.41) is 17.7. The number of carboxylic acid groups (broad SMARTS) is 1. The number of nitrogens with zero attached hydrogens (tertiary/aromatic N) is 1. The summed E-state index contributed by atoms with van der Waals surface area (Å²) in [6, 6.07) is 6.38. The minimum absolute atomic E-state index is 0.0164. The monoisotopic (exact) mass is 205 g/mol. The highest BCUT2D eigenvalue weighted by Crippen LogP contribution is 2.24. The summed E-state index contributed by atoms with van der Waals surface area (Å²) >= 11 is 0. The minimum Gasteiger partial charge on any atom is -0.489 e. The topological polar surface area (TPSA) is 70.3 Å². The summed E-state index contributed by atoms with van der Waals surface area (Å²) in [6.07, 6.45) is -0.169. The number of aromatic carboxylic acids is 1. The quantitative estimate of drug-likeness (QED) is 0.819. The molecule has 4 nitrogen and oxygen atoms in total. The zero-order chi connectivity index (χ0) is 11.4. The van der Waals surface area contributed by atoms with E-state index < -0.39 is 5.97 Å². The molecule has 1 rings (SSSR count). The van der Waals surface area contributed by atoms with E-state index in [0.717, 1.165) is 0 Å². The van der Waals surface area contributed by atoms with Crippen LogP contribution in [0.3, 0.4) is 0 Å². The van der Waals surface area contributed by atoms with E-state index in [2.05, 4.69) is 0 Å². The van der Waals surface area contributed by atoms with Crippen molar-refractivity contribution in [1.29, 1.82) is 5.26 Å². The van der Waals surface area contributed by atoms with Crippen molar-refractivity contribution in [3.05, 3.63) is 29.3 Å². The van der Waals surface area contributed by atoms with Gasteiger partial charge in [-0.15, -0.1) is 0 Å². The maximum atomic E-state index is 10.9. The molecule has 0 aromatic heterocycles. The van der Waals surface area contributed by atoms with Gasteiger partial charge < -0.3 is 9.84 Å². The van der Waals surface area contributed by atoms with Crippen LogP contribution in [0.5, 0.6) is 5.75 Å². The number of hydrogen-bond donors (Lipinski definition) is 1. The van der Waals surface area contributed by atoms with E-state index >= 15 is 0 Å². The third-order valence-electron chi connectivity index (χ3n) is 1.72. The third kappa shape index (κ3) is 2.47. The van der Waals surface area contributed by atoms with E-state index in [1.54, 1.807) is 13.8 Å². The number of rotatable bonds is 3. The summed E-state index contributed by atoms with van der Waals surface area (Å²) in [4.78, 5) is 10.9. The van der Waals surface area contributed by atoms with E-state index in [1.807, 2.05) is 6.07 Å². The van der Waals surface area contributed by atoms with Gasteiger partial charge in [0, 0.05) is 0 Å². The standard InChI is InChI=1S/C11H11NO3/c1-7(2)15-10-8(6-12)4-3-5-9(10)11(13)14/h3-5,7H,1-2H3,(H,13,14). The number of benzene rings is 1. The van der Waals surface area contributed by atoms with E-state index in [4.69, 9.17) is 15.1 Å². The maximum absolute atomic E-state index is 10.9. The van der Waals surface area contributed by atoms with Crippen LogP contribution in [0, 0.1) is 11.3 Å². The molecule has 0 saturated heterocycles. The minimum atomic E-state index is -1.09. The Balaban J connectivity index is 3.28. The zero-order valence-corrected chi connectivity index (χ0v) is 8.52. The maximum Gasteiger partial charge on any atom is 0.339 e. The fraction of sp³-hybridized carbons (Fsp3) is 0.273. The number of ether oxygens (including phenoxy) is 1. The average Bonchev–Trinajstić information content (AvgIpc) is 2.16. The molecule has 1 aromatic carbocycles. The summed E-state index contributed by atoms with van der Waals surface area (Å²) < 4.78 is 5.33. The Morgan fingerprint density at radius 1 is 1.53 bits per heavy atom. The Morgan fingerprint density at radius 2 is 2.20 bits per heavy atom. The van der Waals surface area contributed by atoms with E-state index in [9.17, 15) is 4.79 Å². The van der Waals surface area contributed by atoms with Gasteiger partial charge in [0.05, 0.1) is 11.7 Å². The normalized spacial score (nSPS) is 9.73. The van der Waals surface area contributed by atoms with Gasteiger partial charge in [0.25, 0.3) is 0 Å². The highest BCUT2D eigenvalue weighted by molar-refractivity contribution is 5.91. The number of carboxylic acids is 1. The molecule has 1 N–H and O–H groups in total.